The van der Waals surface area contributed by atoms with E-state index in [1.165, 1.54) is 0 Å². The Morgan fingerprint density at radius 2 is 2.00 bits per heavy atom. The van der Waals surface area contributed by atoms with E-state index in [1.54, 1.807) is 30.6 Å². The number of ether oxygens (including phenoxy) is 1. The summed E-state index contributed by atoms with van der Waals surface area (Å²) >= 11 is 0. The Bertz CT molecular complexity index is 915. The van der Waals surface area contributed by atoms with E-state index in [2.05, 4.69) is 10.3 Å². The van der Waals surface area contributed by atoms with Crippen molar-refractivity contribution < 1.29 is 14.3 Å². The van der Waals surface area contributed by atoms with Crippen molar-refractivity contribution in [3.8, 4) is 0 Å². The summed E-state index contributed by atoms with van der Waals surface area (Å²) in [7, 11) is 1.88. The molecule has 0 saturated heterocycles. The lowest BCUT2D eigenvalue weighted by Gasteiger charge is -2.08. The molecule has 1 amide bonds. The van der Waals surface area contributed by atoms with Gasteiger partial charge in [0.1, 0.15) is 0 Å². The number of imidazole rings is 1. The van der Waals surface area contributed by atoms with Gasteiger partial charge < -0.3 is 14.6 Å². The van der Waals surface area contributed by atoms with Crippen LogP contribution in [0.5, 0.6) is 0 Å². The van der Waals surface area contributed by atoms with E-state index in [0.29, 0.717) is 16.8 Å². The molecule has 1 N–H and O–H groups in total. The molecule has 0 saturated carbocycles. The molecule has 122 valence electrons. The second-order valence-corrected chi connectivity index (χ2v) is 5.50. The highest BCUT2D eigenvalue weighted by Gasteiger charge is 2.12. The van der Waals surface area contributed by atoms with Crippen LogP contribution in [0.1, 0.15) is 15.9 Å². The predicted molar refractivity (Wildman–Crippen MR) is 90.8 cm³/mol. The van der Waals surface area contributed by atoms with Crippen LogP contribution in [0.25, 0.3) is 11.0 Å². The van der Waals surface area contributed by atoms with E-state index in [-0.39, 0.29) is 12.5 Å². The molecule has 3 rings (SSSR count). The number of fused-ring (bicyclic) bond motifs is 1. The number of para-hydroxylation sites is 1. The summed E-state index contributed by atoms with van der Waals surface area (Å²) in [5, 5.41) is 2.72. The van der Waals surface area contributed by atoms with Crippen molar-refractivity contribution in [3.63, 3.8) is 0 Å². The molecule has 0 aliphatic heterocycles. The number of esters is 1. The molecule has 0 spiro atoms. The van der Waals surface area contributed by atoms with Gasteiger partial charge in [-0.1, -0.05) is 18.2 Å². The molecule has 0 aliphatic carbocycles. The molecule has 1 heterocycles. The van der Waals surface area contributed by atoms with Gasteiger partial charge in [0.2, 0.25) is 0 Å². The summed E-state index contributed by atoms with van der Waals surface area (Å²) < 4.78 is 6.93. The summed E-state index contributed by atoms with van der Waals surface area (Å²) in [4.78, 5) is 28.2. The summed E-state index contributed by atoms with van der Waals surface area (Å²) in [5.41, 5.74) is 3.64. The van der Waals surface area contributed by atoms with Crippen molar-refractivity contribution in [1.82, 2.24) is 9.55 Å². The number of aryl methyl sites for hydroxylation is 2. The molecular weight excluding hydrogens is 306 g/mol. The number of amides is 1. The van der Waals surface area contributed by atoms with Crippen molar-refractivity contribution >= 4 is 28.6 Å². The fourth-order valence-corrected chi connectivity index (χ4v) is 2.38. The van der Waals surface area contributed by atoms with Crippen LogP contribution in [0, 0.1) is 6.92 Å². The first kappa shape index (κ1) is 15.7. The van der Waals surface area contributed by atoms with Gasteiger partial charge >= 0.3 is 5.97 Å². The highest BCUT2D eigenvalue weighted by atomic mass is 16.5. The number of carbonyl (C=O) groups is 2. The van der Waals surface area contributed by atoms with Gasteiger partial charge in [-0.3, -0.25) is 4.79 Å². The largest absolute Gasteiger partial charge is 0.452 e. The van der Waals surface area contributed by atoms with Crippen LogP contribution in [0.15, 0.2) is 48.8 Å². The van der Waals surface area contributed by atoms with Crippen LogP contribution in [0.2, 0.25) is 0 Å². The first-order chi connectivity index (χ1) is 11.5. The van der Waals surface area contributed by atoms with Gasteiger partial charge in [-0.15, -0.1) is 0 Å². The number of hydrogen-bond donors (Lipinski definition) is 1. The molecule has 0 fully saturated rings. The zero-order valence-corrected chi connectivity index (χ0v) is 13.4. The average molecular weight is 323 g/mol. The molecule has 0 aliphatic rings. The molecular formula is C18H17N3O3. The third kappa shape index (κ3) is 3.27. The topological polar surface area (TPSA) is 73.2 Å². The van der Waals surface area contributed by atoms with Crippen molar-refractivity contribution in [2.75, 3.05) is 11.9 Å². The van der Waals surface area contributed by atoms with E-state index in [0.717, 1.165) is 11.1 Å². The van der Waals surface area contributed by atoms with E-state index in [4.69, 9.17) is 4.74 Å². The third-order valence-electron chi connectivity index (χ3n) is 3.71. The summed E-state index contributed by atoms with van der Waals surface area (Å²) in [6.07, 6.45) is 1.68. The fourth-order valence-electron chi connectivity index (χ4n) is 2.38. The molecule has 0 radical (unpaired) electrons. The summed E-state index contributed by atoms with van der Waals surface area (Å²) in [6.45, 7) is 1.55. The van der Waals surface area contributed by atoms with Gasteiger partial charge in [0, 0.05) is 12.7 Å². The Morgan fingerprint density at radius 1 is 1.21 bits per heavy atom. The van der Waals surface area contributed by atoms with Crippen molar-refractivity contribution in [2.24, 2.45) is 7.05 Å². The molecule has 0 unspecified atom stereocenters. The number of hydrogen-bond acceptors (Lipinski definition) is 4. The van der Waals surface area contributed by atoms with E-state index < -0.39 is 5.97 Å². The summed E-state index contributed by atoms with van der Waals surface area (Å²) in [5.74, 6) is -0.931. The Labute approximate surface area is 139 Å². The number of benzene rings is 2. The number of aromatic nitrogens is 2. The maximum absolute atomic E-state index is 12.1. The minimum atomic E-state index is -0.553. The maximum atomic E-state index is 12.1. The average Bonchev–Trinajstić information content (AvgIpc) is 2.95. The van der Waals surface area contributed by atoms with E-state index in [9.17, 15) is 9.59 Å². The van der Waals surface area contributed by atoms with E-state index >= 15 is 0 Å². The zero-order chi connectivity index (χ0) is 17.1. The molecule has 24 heavy (non-hydrogen) atoms. The van der Waals surface area contributed by atoms with Crippen LogP contribution in [-0.4, -0.2) is 28.0 Å². The standard InChI is InChI=1S/C18H17N3O3/c1-12-5-3-4-6-14(12)20-17(22)10-24-18(23)13-7-8-16-15(9-13)19-11-21(16)2/h3-9,11H,10H2,1-2H3,(H,20,22). The van der Waals surface area contributed by atoms with Gasteiger partial charge in [-0.2, -0.15) is 0 Å². The molecule has 6 nitrogen and oxygen atoms in total. The van der Waals surface area contributed by atoms with Crippen molar-refractivity contribution in [1.29, 1.82) is 0 Å². The van der Waals surface area contributed by atoms with Crippen molar-refractivity contribution in [2.45, 2.75) is 6.92 Å². The van der Waals surface area contributed by atoms with Gasteiger partial charge in [-0.25, -0.2) is 9.78 Å². The fraction of sp³-hybridized carbons (Fsp3) is 0.167. The molecule has 0 bridgehead atoms. The maximum Gasteiger partial charge on any atom is 0.338 e. The lowest BCUT2D eigenvalue weighted by molar-refractivity contribution is -0.119. The van der Waals surface area contributed by atoms with Gasteiger partial charge in [0.25, 0.3) is 5.91 Å². The minimum Gasteiger partial charge on any atom is -0.452 e. The van der Waals surface area contributed by atoms with Crippen LogP contribution in [-0.2, 0) is 16.6 Å². The lowest BCUT2D eigenvalue weighted by Crippen LogP contribution is -2.21. The Balaban J connectivity index is 1.62. The Hall–Kier alpha value is -3.15. The van der Waals surface area contributed by atoms with Crippen LogP contribution >= 0.6 is 0 Å². The quantitative estimate of drug-likeness (QED) is 0.749. The van der Waals surface area contributed by atoms with E-state index in [1.807, 2.05) is 36.7 Å². The second-order valence-electron chi connectivity index (χ2n) is 5.50. The Morgan fingerprint density at radius 3 is 2.79 bits per heavy atom. The van der Waals surface area contributed by atoms with Crippen LogP contribution < -0.4 is 5.32 Å². The number of nitrogens with zero attached hydrogens (tertiary/aromatic N) is 2. The van der Waals surface area contributed by atoms with Crippen molar-refractivity contribution in [3.05, 3.63) is 59.9 Å². The van der Waals surface area contributed by atoms with Crippen LogP contribution in [0.4, 0.5) is 5.69 Å². The minimum absolute atomic E-state index is 0.340. The first-order valence-corrected chi connectivity index (χ1v) is 7.48. The summed E-state index contributed by atoms with van der Waals surface area (Å²) in [6, 6.07) is 12.5. The highest BCUT2D eigenvalue weighted by Crippen LogP contribution is 2.15. The smallest absolute Gasteiger partial charge is 0.338 e. The first-order valence-electron chi connectivity index (χ1n) is 7.48. The van der Waals surface area contributed by atoms with Gasteiger partial charge in [0.15, 0.2) is 6.61 Å². The molecule has 2 aromatic carbocycles. The number of nitrogens with one attached hydrogen (secondary N) is 1. The van der Waals surface area contributed by atoms with Gasteiger partial charge in [-0.05, 0) is 36.8 Å². The molecule has 3 aromatic rings. The molecule has 0 atom stereocenters. The number of carbonyl (C=O) groups excluding carboxylic acids is 2. The second kappa shape index (κ2) is 6.54. The number of rotatable bonds is 4. The predicted octanol–water partition coefficient (Wildman–Crippen LogP) is 2.68. The molecule has 6 heteroatoms. The molecule has 1 aromatic heterocycles. The van der Waals surface area contributed by atoms with Crippen LogP contribution in [0.3, 0.4) is 0 Å². The highest BCUT2D eigenvalue weighted by molar-refractivity contribution is 5.97. The van der Waals surface area contributed by atoms with Gasteiger partial charge in [0.05, 0.1) is 22.9 Å². The Kier molecular flexibility index (Phi) is 4.29. The zero-order valence-electron chi connectivity index (χ0n) is 13.4. The number of anilines is 1. The third-order valence-corrected chi connectivity index (χ3v) is 3.71. The monoisotopic (exact) mass is 323 g/mol. The normalized spacial score (nSPS) is 10.6. The lowest BCUT2D eigenvalue weighted by atomic mass is 10.2. The SMILES string of the molecule is Cc1ccccc1NC(=O)COC(=O)c1ccc2c(c1)ncn2C.